The lowest BCUT2D eigenvalue weighted by molar-refractivity contribution is -0.180. The van der Waals surface area contributed by atoms with Gasteiger partial charge in [0.15, 0.2) is 6.10 Å². The summed E-state index contributed by atoms with van der Waals surface area (Å²) in [5, 5.41) is 3.18. The van der Waals surface area contributed by atoms with Crippen molar-refractivity contribution in [3.63, 3.8) is 0 Å². The van der Waals surface area contributed by atoms with Crippen molar-refractivity contribution in [1.29, 1.82) is 0 Å². The van der Waals surface area contributed by atoms with Crippen LogP contribution >= 0.6 is 0 Å². The van der Waals surface area contributed by atoms with Crippen LogP contribution in [-0.2, 0) is 14.3 Å². The zero-order valence-electron chi connectivity index (χ0n) is 19.1. The maximum Gasteiger partial charge on any atom is 0.331 e. The van der Waals surface area contributed by atoms with Gasteiger partial charge in [0.1, 0.15) is 17.5 Å². The van der Waals surface area contributed by atoms with Gasteiger partial charge in [0.25, 0.3) is 0 Å². The third-order valence-corrected chi connectivity index (χ3v) is 6.14. The molecule has 30 heavy (non-hydrogen) atoms. The van der Waals surface area contributed by atoms with Gasteiger partial charge in [-0.2, -0.15) is 0 Å². The molecule has 1 aliphatic heterocycles. The number of hydrogen-bond acceptors (Lipinski definition) is 5. The zero-order chi connectivity index (χ0) is 21.7. The summed E-state index contributed by atoms with van der Waals surface area (Å²) in [6.45, 7) is 8.35. The molecule has 0 radical (unpaired) electrons. The fraction of sp³-hybridized carbons (Fsp3) is 0.640. The van der Waals surface area contributed by atoms with E-state index >= 15 is 0 Å². The highest BCUT2D eigenvalue weighted by Crippen LogP contribution is 2.44. The molecule has 0 bridgehead atoms. The Morgan fingerprint density at radius 2 is 1.97 bits per heavy atom. The van der Waals surface area contributed by atoms with Gasteiger partial charge in [-0.25, -0.2) is 4.79 Å². The van der Waals surface area contributed by atoms with Crippen molar-refractivity contribution in [2.45, 2.75) is 84.0 Å². The molecule has 1 saturated carbocycles. The van der Waals surface area contributed by atoms with Gasteiger partial charge in [-0.1, -0.05) is 37.7 Å². The molecule has 2 atom stereocenters. The molecule has 2 aliphatic rings. The van der Waals surface area contributed by atoms with Crippen LogP contribution in [0, 0.1) is 5.92 Å². The summed E-state index contributed by atoms with van der Waals surface area (Å²) in [5.41, 5.74) is 2.11. The number of allylic oxidation sites excluding steroid dienone is 1. The van der Waals surface area contributed by atoms with Crippen LogP contribution in [0.4, 0.5) is 5.69 Å². The number of nitrogens with one attached hydrogen (secondary N) is 1. The van der Waals surface area contributed by atoms with Crippen molar-refractivity contribution < 1.29 is 19.0 Å². The van der Waals surface area contributed by atoms with E-state index in [-0.39, 0.29) is 12.1 Å². The van der Waals surface area contributed by atoms with Crippen molar-refractivity contribution in [3.8, 4) is 5.75 Å². The lowest BCUT2D eigenvalue weighted by atomic mass is 9.86. The van der Waals surface area contributed by atoms with E-state index < -0.39 is 11.7 Å². The van der Waals surface area contributed by atoms with Crippen molar-refractivity contribution in [1.82, 2.24) is 0 Å². The first-order valence-corrected chi connectivity index (χ1v) is 11.3. The maximum atomic E-state index is 12.5. The summed E-state index contributed by atoms with van der Waals surface area (Å²) < 4.78 is 18.6. The Labute approximate surface area is 181 Å². The minimum Gasteiger partial charge on any atom is -0.483 e. The maximum absolute atomic E-state index is 12.5. The number of benzene rings is 1. The Bertz CT molecular complexity index is 760. The SMILES string of the molecule is CNc1ccc2c(c1)C(OCCC1CCCCC1)C(OC(=O)C=C(C)C)C(C)(C)O2. The third-order valence-electron chi connectivity index (χ3n) is 6.14. The second-order valence-electron chi connectivity index (χ2n) is 9.37. The number of rotatable bonds is 7. The fourth-order valence-electron chi connectivity index (χ4n) is 4.50. The Morgan fingerprint density at radius 1 is 1.23 bits per heavy atom. The molecule has 5 nitrogen and oxygen atoms in total. The largest absolute Gasteiger partial charge is 0.483 e. The minimum atomic E-state index is -0.700. The van der Waals surface area contributed by atoms with Crippen LogP contribution < -0.4 is 10.1 Å². The van der Waals surface area contributed by atoms with Gasteiger partial charge in [-0.05, 0) is 58.2 Å². The Morgan fingerprint density at radius 3 is 2.63 bits per heavy atom. The van der Waals surface area contributed by atoms with Crippen molar-refractivity contribution in [3.05, 3.63) is 35.4 Å². The molecule has 1 aromatic rings. The average Bonchev–Trinajstić information content (AvgIpc) is 2.70. The van der Waals surface area contributed by atoms with E-state index in [1.165, 1.54) is 38.2 Å². The van der Waals surface area contributed by atoms with E-state index in [0.29, 0.717) is 6.61 Å². The monoisotopic (exact) mass is 415 g/mol. The van der Waals surface area contributed by atoms with Gasteiger partial charge >= 0.3 is 5.97 Å². The fourth-order valence-corrected chi connectivity index (χ4v) is 4.50. The number of esters is 1. The number of hydrogen-bond donors (Lipinski definition) is 1. The average molecular weight is 416 g/mol. The van der Waals surface area contributed by atoms with Crippen LogP contribution in [0.15, 0.2) is 29.8 Å². The predicted octanol–water partition coefficient (Wildman–Crippen LogP) is 5.81. The van der Waals surface area contributed by atoms with Crippen molar-refractivity contribution >= 4 is 11.7 Å². The highest BCUT2D eigenvalue weighted by Gasteiger charge is 2.47. The first-order valence-electron chi connectivity index (χ1n) is 11.3. The van der Waals surface area contributed by atoms with E-state index in [1.54, 1.807) is 0 Å². The number of ether oxygens (including phenoxy) is 3. The lowest BCUT2D eigenvalue weighted by Crippen LogP contribution is -2.51. The molecule has 2 unspecified atom stereocenters. The lowest BCUT2D eigenvalue weighted by Gasteiger charge is -2.43. The molecular weight excluding hydrogens is 378 g/mol. The molecule has 1 heterocycles. The molecule has 0 amide bonds. The van der Waals surface area contributed by atoms with Gasteiger partial charge in [0.2, 0.25) is 0 Å². The first-order chi connectivity index (χ1) is 14.3. The van der Waals surface area contributed by atoms with Gasteiger partial charge in [-0.3, -0.25) is 0 Å². The normalized spacial score (nSPS) is 23.1. The van der Waals surface area contributed by atoms with E-state index in [0.717, 1.165) is 34.9 Å². The molecular formula is C25H37NO4. The molecule has 5 heteroatoms. The standard InChI is InChI=1S/C25H37NO4/c1-17(2)15-22(27)29-24-23(28-14-13-18-9-7-6-8-10-18)20-16-19(26-5)11-12-21(20)30-25(24,3)4/h11-12,15-16,18,23-24,26H,6-10,13-14H2,1-5H3. The van der Waals surface area contributed by atoms with Gasteiger partial charge in [0.05, 0.1) is 0 Å². The summed E-state index contributed by atoms with van der Waals surface area (Å²) in [5.74, 6) is 1.17. The molecule has 3 rings (SSSR count). The van der Waals surface area contributed by atoms with E-state index in [1.807, 2.05) is 52.9 Å². The second-order valence-corrected chi connectivity index (χ2v) is 9.37. The molecule has 1 fully saturated rings. The second kappa shape index (κ2) is 9.86. The highest BCUT2D eigenvalue weighted by atomic mass is 16.6. The summed E-state index contributed by atoms with van der Waals surface area (Å²) in [6, 6.07) is 6.00. The van der Waals surface area contributed by atoms with E-state index in [9.17, 15) is 4.79 Å². The first kappa shape index (κ1) is 22.7. The molecule has 0 spiro atoms. The smallest absolute Gasteiger partial charge is 0.331 e. The van der Waals surface area contributed by atoms with Gasteiger partial charge in [-0.15, -0.1) is 0 Å². The highest BCUT2D eigenvalue weighted by molar-refractivity contribution is 5.83. The van der Waals surface area contributed by atoms with E-state index in [2.05, 4.69) is 5.32 Å². The molecule has 0 aromatic heterocycles. The van der Waals surface area contributed by atoms with E-state index in [4.69, 9.17) is 14.2 Å². The van der Waals surface area contributed by atoms with Crippen LogP contribution in [0.3, 0.4) is 0 Å². The summed E-state index contributed by atoms with van der Waals surface area (Å²) in [4.78, 5) is 12.5. The summed E-state index contributed by atoms with van der Waals surface area (Å²) in [6.07, 6.45) is 8.26. The van der Waals surface area contributed by atoms with Gasteiger partial charge < -0.3 is 19.5 Å². The number of carbonyl (C=O) groups excluding carboxylic acids is 1. The minimum absolute atomic E-state index is 0.356. The predicted molar refractivity (Wildman–Crippen MR) is 120 cm³/mol. The van der Waals surface area contributed by atoms with Crippen LogP contribution in [0.1, 0.15) is 77.9 Å². The molecule has 1 aromatic carbocycles. The third kappa shape index (κ3) is 5.57. The van der Waals surface area contributed by atoms with Crippen LogP contribution in [0.25, 0.3) is 0 Å². The van der Waals surface area contributed by atoms with Gasteiger partial charge in [0, 0.05) is 31.0 Å². The molecule has 166 valence electrons. The molecule has 0 saturated heterocycles. The Kier molecular flexibility index (Phi) is 7.45. The van der Waals surface area contributed by atoms with Crippen LogP contribution in [0.2, 0.25) is 0 Å². The topological polar surface area (TPSA) is 56.8 Å². The summed E-state index contributed by atoms with van der Waals surface area (Å²) >= 11 is 0. The zero-order valence-corrected chi connectivity index (χ0v) is 19.1. The molecule has 1 aliphatic carbocycles. The van der Waals surface area contributed by atoms with Crippen LogP contribution in [0.5, 0.6) is 5.75 Å². The Hall–Kier alpha value is -2.01. The quantitative estimate of drug-likeness (QED) is 0.450. The van der Waals surface area contributed by atoms with Crippen molar-refractivity contribution in [2.24, 2.45) is 5.92 Å². The van der Waals surface area contributed by atoms with Crippen LogP contribution in [-0.4, -0.2) is 31.3 Å². The van der Waals surface area contributed by atoms with Crippen molar-refractivity contribution in [2.75, 3.05) is 19.0 Å². The number of carbonyl (C=O) groups is 1. The Balaban J connectivity index is 1.84. The number of fused-ring (bicyclic) bond motifs is 1. The number of anilines is 1. The molecule has 1 N–H and O–H groups in total. The summed E-state index contributed by atoms with van der Waals surface area (Å²) in [7, 11) is 1.89.